The van der Waals surface area contributed by atoms with E-state index in [4.69, 9.17) is 0 Å². The van der Waals surface area contributed by atoms with E-state index in [0.717, 1.165) is 19.6 Å². The Morgan fingerprint density at radius 3 is 2.44 bits per heavy atom. The van der Waals surface area contributed by atoms with Gasteiger partial charge in [0.25, 0.3) is 0 Å². The average molecular weight is 379 g/mol. The Hall–Kier alpha value is -1.66. The maximum Gasteiger partial charge on any atom is 0.317 e. The summed E-state index contributed by atoms with van der Waals surface area (Å²) in [6, 6.07) is 6.52. The second kappa shape index (κ2) is 10.0. The van der Waals surface area contributed by atoms with Crippen LogP contribution in [0.25, 0.3) is 0 Å². The number of carbonyl (C=O) groups excluding carboxylic acids is 1. The van der Waals surface area contributed by atoms with Crippen LogP contribution in [-0.2, 0) is 6.54 Å². The summed E-state index contributed by atoms with van der Waals surface area (Å²) in [5, 5.41) is 3.09. The normalized spacial score (nSPS) is 15.8. The Morgan fingerprint density at radius 1 is 1.15 bits per heavy atom. The van der Waals surface area contributed by atoms with Crippen LogP contribution >= 0.6 is 0 Å². The molecule has 0 aliphatic carbocycles. The number of carbonyl (C=O) groups is 1. The van der Waals surface area contributed by atoms with Crippen molar-refractivity contribution in [1.29, 1.82) is 0 Å². The molecule has 6 heteroatoms. The Bertz CT molecular complexity index is 600. The number of benzene rings is 1. The molecular formula is C21H35FN4O. The fraction of sp³-hybridized carbons (Fsp3) is 0.667. The van der Waals surface area contributed by atoms with Crippen molar-refractivity contribution in [3.8, 4) is 0 Å². The molecule has 0 unspecified atom stereocenters. The van der Waals surface area contributed by atoms with Gasteiger partial charge in [0.15, 0.2) is 0 Å². The van der Waals surface area contributed by atoms with Gasteiger partial charge in [-0.25, -0.2) is 9.18 Å². The minimum atomic E-state index is -0.270. The van der Waals surface area contributed by atoms with E-state index in [1.165, 1.54) is 25.3 Å². The molecule has 0 saturated carbocycles. The second-order valence-corrected chi connectivity index (χ2v) is 8.34. The number of nitrogens with zero attached hydrogens (tertiary/aromatic N) is 3. The molecule has 0 atom stereocenters. The molecule has 5 nitrogen and oxygen atoms in total. The third-order valence-electron chi connectivity index (χ3n) is 5.31. The topological polar surface area (TPSA) is 38.8 Å². The van der Waals surface area contributed by atoms with Crippen LogP contribution in [0.3, 0.4) is 0 Å². The number of urea groups is 1. The Kier molecular flexibility index (Phi) is 8.05. The third-order valence-corrected chi connectivity index (χ3v) is 5.31. The van der Waals surface area contributed by atoms with E-state index in [2.05, 4.69) is 24.1 Å². The van der Waals surface area contributed by atoms with Gasteiger partial charge in [-0.3, -0.25) is 4.90 Å². The lowest BCUT2D eigenvalue weighted by atomic mass is 9.98. The maximum absolute atomic E-state index is 14.1. The highest BCUT2D eigenvalue weighted by Crippen LogP contribution is 2.20. The molecule has 1 fully saturated rings. The molecule has 2 amide bonds. The number of nitrogens with one attached hydrogen (secondary N) is 1. The van der Waals surface area contributed by atoms with Gasteiger partial charge in [0.05, 0.1) is 6.54 Å². The molecule has 1 heterocycles. The lowest BCUT2D eigenvalue weighted by molar-refractivity contribution is 0.0934. The number of hydrogen-bond donors (Lipinski definition) is 1. The molecular weight excluding hydrogens is 343 g/mol. The Morgan fingerprint density at radius 2 is 1.81 bits per heavy atom. The molecule has 1 aromatic rings. The van der Waals surface area contributed by atoms with Crippen LogP contribution in [0, 0.1) is 5.82 Å². The van der Waals surface area contributed by atoms with Gasteiger partial charge in [-0.05, 0) is 59.9 Å². The highest BCUT2D eigenvalue weighted by molar-refractivity contribution is 5.74. The molecule has 0 aromatic heterocycles. The highest BCUT2D eigenvalue weighted by Gasteiger charge is 2.29. The van der Waals surface area contributed by atoms with Crippen LogP contribution in [-0.4, -0.2) is 73.1 Å². The number of likely N-dealkylation sites (tertiary alicyclic amines) is 1. The fourth-order valence-corrected chi connectivity index (χ4v) is 3.42. The predicted octanol–water partition coefficient (Wildman–Crippen LogP) is 3.16. The van der Waals surface area contributed by atoms with Gasteiger partial charge < -0.3 is 15.1 Å². The monoisotopic (exact) mass is 378 g/mol. The lowest BCUT2D eigenvalue weighted by Crippen LogP contribution is -2.55. The SMILES string of the molecule is CN(C)CCN(Cc1ccccc1F)C(=O)NCC(C)(C)N1CCCCC1. The number of rotatable bonds is 8. The number of likely N-dealkylation sites (N-methyl/N-ethyl adjacent to an activating group) is 1. The summed E-state index contributed by atoms with van der Waals surface area (Å²) in [5.74, 6) is -0.270. The highest BCUT2D eigenvalue weighted by atomic mass is 19.1. The first kappa shape index (κ1) is 21.6. The van der Waals surface area contributed by atoms with E-state index in [-0.39, 0.29) is 23.9 Å². The van der Waals surface area contributed by atoms with Gasteiger partial charge in [-0.1, -0.05) is 24.6 Å². The van der Waals surface area contributed by atoms with Crippen molar-refractivity contribution < 1.29 is 9.18 Å². The largest absolute Gasteiger partial charge is 0.336 e. The van der Waals surface area contributed by atoms with Crippen LogP contribution in [0.1, 0.15) is 38.7 Å². The van der Waals surface area contributed by atoms with E-state index in [0.29, 0.717) is 18.7 Å². The van der Waals surface area contributed by atoms with Gasteiger partial charge >= 0.3 is 6.03 Å². The summed E-state index contributed by atoms with van der Waals surface area (Å²) in [4.78, 5) is 19.0. The van der Waals surface area contributed by atoms with Crippen LogP contribution in [0.2, 0.25) is 0 Å². The molecule has 1 aliphatic heterocycles. The van der Waals surface area contributed by atoms with E-state index in [9.17, 15) is 9.18 Å². The first-order valence-corrected chi connectivity index (χ1v) is 9.95. The number of piperidine rings is 1. The van der Waals surface area contributed by atoms with E-state index >= 15 is 0 Å². The van der Waals surface area contributed by atoms with Gasteiger partial charge in [-0.2, -0.15) is 0 Å². The fourth-order valence-electron chi connectivity index (χ4n) is 3.42. The molecule has 1 saturated heterocycles. The molecule has 1 N–H and O–H groups in total. The van der Waals surface area contributed by atoms with Crippen molar-refractivity contribution >= 4 is 6.03 Å². The molecule has 0 bridgehead atoms. The van der Waals surface area contributed by atoms with Crippen molar-refractivity contribution in [2.45, 2.75) is 45.2 Å². The average Bonchev–Trinajstić information content (AvgIpc) is 2.65. The Balaban J connectivity index is 1.98. The quantitative estimate of drug-likeness (QED) is 0.755. The van der Waals surface area contributed by atoms with E-state index < -0.39 is 0 Å². The van der Waals surface area contributed by atoms with E-state index in [1.807, 2.05) is 19.0 Å². The van der Waals surface area contributed by atoms with Gasteiger partial charge in [-0.15, -0.1) is 0 Å². The molecule has 2 rings (SSSR count). The Labute approximate surface area is 163 Å². The molecule has 152 valence electrons. The maximum atomic E-state index is 14.1. The van der Waals surface area contributed by atoms with Crippen molar-refractivity contribution in [3.63, 3.8) is 0 Å². The zero-order chi connectivity index (χ0) is 19.9. The summed E-state index contributed by atoms with van der Waals surface area (Å²) in [5.41, 5.74) is 0.461. The van der Waals surface area contributed by atoms with Gasteiger partial charge in [0.1, 0.15) is 5.82 Å². The smallest absolute Gasteiger partial charge is 0.317 e. The number of hydrogen-bond acceptors (Lipinski definition) is 3. The summed E-state index contributed by atoms with van der Waals surface area (Å²) in [6.07, 6.45) is 3.74. The summed E-state index contributed by atoms with van der Waals surface area (Å²) < 4.78 is 14.1. The van der Waals surface area contributed by atoms with Crippen molar-refractivity contribution in [1.82, 2.24) is 20.0 Å². The minimum Gasteiger partial charge on any atom is -0.336 e. The third kappa shape index (κ3) is 6.78. The van der Waals surface area contributed by atoms with Crippen LogP contribution < -0.4 is 5.32 Å². The number of amides is 2. The van der Waals surface area contributed by atoms with Crippen molar-refractivity contribution in [2.24, 2.45) is 0 Å². The minimum absolute atomic E-state index is 0.0820. The molecule has 0 spiro atoms. The van der Waals surface area contributed by atoms with E-state index in [1.54, 1.807) is 23.1 Å². The van der Waals surface area contributed by atoms with Crippen molar-refractivity contribution in [3.05, 3.63) is 35.6 Å². The number of halogens is 1. The zero-order valence-electron chi connectivity index (χ0n) is 17.3. The summed E-state index contributed by atoms with van der Waals surface area (Å²) in [7, 11) is 3.94. The molecule has 27 heavy (non-hydrogen) atoms. The standard InChI is InChI=1S/C21H35FN4O/c1-21(2,26-12-8-5-9-13-26)17-23-20(27)25(15-14-24(3)4)16-18-10-6-7-11-19(18)22/h6-7,10-11H,5,8-9,12-17H2,1-4H3,(H,23,27). The van der Waals surface area contributed by atoms with Gasteiger partial charge in [0, 0.05) is 30.7 Å². The summed E-state index contributed by atoms with van der Waals surface area (Å²) >= 11 is 0. The predicted molar refractivity (Wildman–Crippen MR) is 108 cm³/mol. The van der Waals surface area contributed by atoms with Crippen LogP contribution in [0.5, 0.6) is 0 Å². The van der Waals surface area contributed by atoms with Crippen molar-refractivity contribution in [2.75, 3.05) is 46.8 Å². The first-order chi connectivity index (χ1) is 12.8. The van der Waals surface area contributed by atoms with Crippen LogP contribution in [0.15, 0.2) is 24.3 Å². The zero-order valence-corrected chi connectivity index (χ0v) is 17.3. The summed E-state index contributed by atoms with van der Waals surface area (Å²) in [6.45, 7) is 8.68. The second-order valence-electron chi connectivity index (χ2n) is 8.34. The van der Waals surface area contributed by atoms with Crippen LogP contribution in [0.4, 0.5) is 9.18 Å². The molecule has 0 radical (unpaired) electrons. The lowest BCUT2D eigenvalue weighted by Gasteiger charge is -2.41. The molecule has 1 aromatic carbocycles. The first-order valence-electron chi connectivity index (χ1n) is 9.95. The molecule has 1 aliphatic rings. The van der Waals surface area contributed by atoms with Gasteiger partial charge in [0.2, 0.25) is 0 Å².